The monoisotopic (exact) mass is 363 g/mol. The Labute approximate surface area is 154 Å². The molecule has 0 spiro atoms. The molecule has 1 N–H and O–H groups in total. The first-order chi connectivity index (χ1) is 11.9. The van der Waals surface area contributed by atoms with Crippen molar-refractivity contribution in [1.82, 2.24) is 15.1 Å². The minimum atomic E-state index is -0.0853. The normalized spacial score (nSPS) is 22.8. The summed E-state index contributed by atoms with van der Waals surface area (Å²) in [6.07, 6.45) is 4.56. The number of thiophene rings is 1. The Morgan fingerprint density at radius 1 is 1.24 bits per heavy atom. The van der Waals surface area contributed by atoms with E-state index >= 15 is 0 Å². The molecule has 1 aliphatic carbocycles. The Balaban J connectivity index is 1.75. The van der Waals surface area contributed by atoms with Gasteiger partial charge in [-0.1, -0.05) is 13.8 Å². The molecular weight excluding hydrogens is 334 g/mol. The molecule has 3 rings (SSSR count). The van der Waals surface area contributed by atoms with Gasteiger partial charge in [-0.3, -0.25) is 4.79 Å². The highest BCUT2D eigenvalue weighted by Crippen LogP contribution is 2.33. The third kappa shape index (κ3) is 3.68. The Morgan fingerprint density at radius 3 is 2.64 bits per heavy atom. The molecule has 0 radical (unpaired) electrons. The lowest BCUT2D eigenvalue weighted by Gasteiger charge is -2.24. The lowest BCUT2D eigenvalue weighted by atomic mass is 9.91. The molecule has 2 atom stereocenters. The predicted molar refractivity (Wildman–Crippen MR) is 101 cm³/mol. The average Bonchev–Trinajstić information content (AvgIpc) is 3.18. The van der Waals surface area contributed by atoms with Gasteiger partial charge in [-0.2, -0.15) is 0 Å². The van der Waals surface area contributed by atoms with Gasteiger partial charge in [0.05, 0.1) is 11.6 Å². The molecule has 2 aliphatic rings. The summed E-state index contributed by atoms with van der Waals surface area (Å²) >= 11 is 1.74. The van der Waals surface area contributed by atoms with Gasteiger partial charge in [0, 0.05) is 43.4 Å². The van der Waals surface area contributed by atoms with E-state index in [9.17, 15) is 9.59 Å². The molecule has 1 fully saturated rings. The Morgan fingerprint density at radius 2 is 1.96 bits per heavy atom. The zero-order chi connectivity index (χ0) is 18.1. The number of urea groups is 1. The van der Waals surface area contributed by atoms with Crippen LogP contribution in [-0.4, -0.2) is 55.0 Å². The maximum absolute atomic E-state index is 13.1. The summed E-state index contributed by atoms with van der Waals surface area (Å²) < 4.78 is 0. The lowest BCUT2D eigenvalue weighted by Crippen LogP contribution is -2.46. The minimum absolute atomic E-state index is 0.0216. The smallest absolute Gasteiger partial charge is 0.317 e. The zero-order valence-electron chi connectivity index (χ0n) is 15.7. The van der Waals surface area contributed by atoms with Crippen molar-refractivity contribution in [2.75, 3.05) is 27.2 Å². The van der Waals surface area contributed by atoms with E-state index in [1.165, 1.54) is 23.3 Å². The standard InChI is InChI=1S/C19H29N3O2S/c1-12(2)14-9-22(10-16(14)20-19(24)21(3)4)18(23)15-11-25-17-8-6-5-7-13(15)17/h11-12,14,16H,5-10H2,1-4H3,(H,20,24)/t14-,16+/m0/s1. The molecular formula is C19H29N3O2S. The van der Waals surface area contributed by atoms with E-state index in [4.69, 9.17) is 0 Å². The maximum atomic E-state index is 13.1. The molecule has 0 bridgehead atoms. The average molecular weight is 364 g/mol. The molecule has 5 nitrogen and oxygen atoms in total. The summed E-state index contributed by atoms with van der Waals surface area (Å²) in [4.78, 5) is 30.1. The Kier molecular flexibility index (Phi) is 5.37. The number of likely N-dealkylation sites (tertiary alicyclic amines) is 1. The van der Waals surface area contributed by atoms with Crippen LogP contribution in [0.4, 0.5) is 4.79 Å². The SMILES string of the molecule is CC(C)[C@@H]1CN(C(=O)c2csc3c2CCCC3)C[C@H]1NC(=O)N(C)C. The van der Waals surface area contributed by atoms with E-state index in [1.54, 1.807) is 30.3 Å². The van der Waals surface area contributed by atoms with E-state index in [2.05, 4.69) is 24.5 Å². The fraction of sp³-hybridized carbons (Fsp3) is 0.684. The van der Waals surface area contributed by atoms with Gasteiger partial charge >= 0.3 is 6.03 Å². The molecule has 0 aromatic carbocycles. The van der Waals surface area contributed by atoms with Crippen LogP contribution in [-0.2, 0) is 12.8 Å². The van der Waals surface area contributed by atoms with E-state index in [0.717, 1.165) is 24.9 Å². The van der Waals surface area contributed by atoms with Crippen molar-refractivity contribution in [3.63, 3.8) is 0 Å². The van der Waals surface area contributed by atoms with Crippen LogP contribution in [0.25, 0.3) is 0 Å². The van der Waals surface area contributed by atoms with Crippen LogP contribution in [0.3, 0.4) is 0 Å². The first kappa shape index (κ1) is 18.2. The molecule has 0 unspecified atom stereocenters. The van der Waals surface area contributed by atoms with Crippen molar-refractivity contribution in [1.29, 1.82) is 0 Å². The molecule has 6 heteroatoms. The van der Waals surface area contributed by atoms with Gasteiger partial charge in [-0.05, 0) is 37.2 Å². The van der Waals surface area contributed by atoms with Gasteiger partial charge in [0.15, 0.2) is 0 Å². The zero-order valence-corrected chi connectivity index (χ0v) is 16.5. The van der Waals surface area contributed by atoms with Crippen LogP contribution in [0, 0.1) is 11.8 Å². The fourth-order valence-corrected chi connectivity index (χ4v) is 5.07. The van der Waals surface area contributed by atoms with Gasteiger partial charge < -0.3 is 15.1 Å². The largest absolute Gasteiger partial charge is 0.336 e. The summed E-state index contributed by atoms with van der Waals surface area (Å²) in [6.45, 7) is 5.66. The van der Waals surface area contributed by atoms with Crippen molar-refractivity contribution in [2.24, 2.45) is 11.8 Å². The molecule has 1 saturated heterocycles. The van der Waals surface area contributed by atoms with Gasteiger partial charge in [-0.15, -0.1) is 11.3 Å². The highest BCUT2D eigenvalue weighted by atomic mass is 32.1. The summed E-state index contributed by atoms with van der Waals surface area (Å²) in [5.74, 6) is 0.857. The number of carbonyl (C=O) groups excluding carboxylic acids is 2. The number of aryl methyl sites for hydroxylation is 1. The van der Waals surface area contributed by atoms with E-state index in [0.29, 0.717) is 18.4 Å². The van der Waals surface area contributed by atoms with Crippen molar-refractivity contribution in [3.05, 3.63) is 21.4 Å². The van der Waals surface area contributed by atoms with E-state index < -0.39 is 0 Å². The maximum Gasteiger partial charge on any atom is 0.317 e. The first-order valence-corrected chi connectivity index (χ1v) is 10.1. The third-order valence-corrected chi connectivity index (χ3v) is 6.60. The molecule has 138 valence electrons. The van der Waals surface area contributed by atoms with Crippen LogP contribution in [0.2, 0.25) is 0 Å². The number of amides is 3. The number of rotatable bonds is 3. The molecule has 1 aliphatic heterocycles. The summed E-state index contributed by atoms with van der Waals surface area (Å²) in [5.41, 5.74) is 2.19. The second-order valence-electron chi connectivity index (χ2n) is 7.83. The van der Waals surface area contributed by atoms with Crippen molar-refractivity contribution >= 4 is 23.3 Å². The van der Waals surface area contributed by atoms with Gasteiger partial charge in [0.2, 0.25) is 0 Å². The fourth-order valence-electron chi connectivity index (χ4n) is 3.95. The summed E-state index contributed by atoms with van der Waals surface area (Å²) in [6, 6.07) is -0.0637. The van der Waals surface area contributed by atoms with Crippen molar-refractivity contribution in [2.45, 2.75) is 45.6 Å². The molecule has 0 saturated carbocycles. The third-order valence-electron chi connectivity index (χ3n) is 5.52. The quantitative estimate of drug-likeness (QED) is 0.897. The van der Waals surface area contributed by atoms with Crippen LogP contribution in [0.15, 0.2) is 5.38 Å². The first-order valence-electron chi connectivity index (χ1n) is 9.24. The van der Waals surface area contributed by atoms with Crippen LogP contribution >= 0.6 is 11.3 Å². The molecule has 25 heavy (non-hydrogen) atoms. The number of nitrogens with one attached hydrogen (secondary N) is 1. The van der Waals surface area contributed by atoms with Gasteiger partial charge in [0.1, 0.15) is 0 Å². The van der Waals surface area contributed by atoms with Gasteiger partial charge in [0.25, 0.3) is 5.91 Å². The summed E-state index contributed by atoms with van der Waals surface area (Å²) in [7, 11) is 3.49. The topological polar surface area (TPSA) is 52.7 Å². The molecule has 3 amide bonds. The predicted octanol–water partition coefficient (Wildman–Crippen LogP) is 2.99. The lowest BCUT2D eigenvalue weighted by molar-refractivity contribution is 0.0781. The van der Waals surface area contributed by atoms with Gasteiger partial charge in [-0.25, -0.2) is 4.79 Å². The minimum Gasteiger partial charge on any atom is -0.336 e. The molecule has 1 aromatic rings. The Hall–Kier alpha value is -1.56. The molecule has 2 heterocycles. The van der Waals surface area contributed by atoms with E-state index in [-0.39, 0.29) is 18.0 Å². The van der Waals surface area contributed by atoms with Crippen LogP contribution in [0.1, 0.15) is 47.5 Å². The number of nitrogens with zero attached hydrogens (tertiary/aromatic N) is 2. The number of fused-ring (bicyclic) bond motifs is 1. The second kappa shape index (κ2) is 7.36. The van der Waals surface area contributed by atoms with Crippen LogP contribution < -0.4 is 5.32 Å². The highest BCUT2D eigenvalue weighted by Gasteiger charge is 2.39. The highest BCUT2D eigenvalue weighted by molar-refractivity contribution is 7.10. The van der Waals surface area contributed by atoms with Crippen molar-refractivity contribution < 1.29 is 9.59 Å². The number of carbonyl (C=O) groups is 2. The molecule has 1 aromatic heterocycles. The summed E-state index contributed by atoms with van der Waals surface area (Å²) in [5, 5.41) is 5.15. The van der Waals surface area contributed by atoms with E-state index in [1.807, 2.05) is 4.90 Å². The Bertz CT molecular complexity index is 653. The second-order valence-corrected chi connectivity index (χ2v) is 8.79. The van der Waals surface area contributed by atoms with Crippen LogP contribution in [0.5, 0.6) is 0 Å². The van der Waals surface area contributed by atoms with Crippen molar-refractivity contribution in [3.8, 4) is 0 Å². The number of hydrogen-bond donors (Lipinski definition) is 1. The number of hydrogen-bond acceptors (Lipinski definition) is 3.